The molecule has 4 aromatic carbocycles. The van der Waals surface area contributed by atoms with Crippen molar-refractivity contribution in [3.8, 4) is 17.4 Å². The third-order valence-corrected chi connectivity index (χ3v) is 18.9. The second kappa shape index (κ2) is 22.7. The molecule has 20 heteroatoms. The predicted octanol–water partition coefficient (Wildman–Crippen LogP) is 9.49. The number of benzene rings is 4. The molecule has 1 spiro atoms. The third kappa shape index (κ3) is 11.6. The van der Waals surface area contributed by atoms with E-state index in [0.29, 0.717) is 62.4 Å². The average molecular weight is 1130 g/mol. The second-order valence-electron chi connectivity index (χ2n) is 23.6. The van der Waals surface area contributed by atoms with Crippen molar-refractivity contribution in [1.82, 2.24) is 29.5 Å². The van der Waals surface area contributed by atoms with E-state index in [4.69, 9.17) is 9.47 Å². The summed E-state index contributed by atoms with van der Waals surface area (Å²) in [5.74, 6) is -2.30. The number of quaternary nitrogens is 1. The van der Waals surface area contributed by atoms with Gasteiger partial charge in [-0.1, -0.05) is 44.2 Å². The Kier molecular flexibility index (Phi) is 15.8. The van der Waals surface area contributed by atoms with Crippen LogP contribution in [0.3, 0.4) is 0 Å². The molecule has 81 heavy (non-hydrogen) atoms. The molecule has 5 aliphatic rings. The Bertz CT molecular complexity index is 3470. The molecule has 1 saturated carbocycles. The molecule has 4 fully saturated rings. The lowest BCUT2D eigenvalue weighted by Gasteiger charge is -2.59. The van der Waals surface area contributed by atoms with Crippen LogP contribution in [0.5, 0.6) is 17.4 Å². The van der Waals surface area contributed by atoms with Crippen molar-refractivity contribution in [2.24, 2.45) is 11.3 Å². The minimum absolute atomic E-state index is 0.0119. The first-order valence-electron chi connectivity index (χ1n) is 28.4. The molecule has 3 aliphatic heterocycles. The summed E-state index contributed by atoms with van der Waals surface area (Å²) in [4.78, 5) is 33.4. The van der Waals surface area contributed by atoms with E-state index in [1.54, 1.807) is 25.1 Å². The SMILES string of the molecule is CCOc1nc2c(cc1Oc1cc(N3CCC4(CC3)CN(C3CCN(Cc5ccc(F)c(F)c5)CC3c3ccccc3C(C)C)C4)ccc1C(=O)NS(=O)(=O)c1cc([NH+](C)[O-])c(NC[C@H]3CC[C@](C)(O)CC3)c3[nH]cnc13)C(F)=CC2. The lowest BCUT2D eigenvalue weighted by Crippen LogP contribution is -2.98. The van der Waals surface area contributed by atoms with Crippen LogP contribution in [0.15, 0.2) is 90.1 Å². The number of aromatic nitrogens is 3. The van der Waals surface area contributed by atoms with E-state index < -0.39 is 44.1 Å². The number of aliphatic hydroxyl groups is 1. The van der Waals surface area contributed by atoms with Crippen LogP contribution >= 0.6 is 0 Å². The number of allylic oxidation sites excluding steroid dienone is 1. The minimum atomic E-state index is -4.72. The van der Waals surface area contributed by atoms with Gasteiger partial charge in [0.1, 0.15) is 27.7 Å². The molecular formula is C61H72F3N9O7S. The summed E-state index contributed by atoms with van der Waals surface area (Å²) >= 11 is 0. The first-order valence-corrected chi connectivity index (χ1v) is 29.9. The van der Waals surface area contributed by atoms with Gasteiger partial charge in [-0.2, -0.15) is 0 Å². The number of carbonyl (C=O) groups is 1. The molecule has 430 valence electrons. The fourth-order valence-electron chi connectivity index (χ4n) is 13.1. The highest BCUT2D eigenvalue weighted by Crippen LogP contribution is 2.48. The monoisotopic (exact) mass is 1130 g/mol. The highest BCUT2D eigenvalue weighted by atomic mass is 32.2. The number of piperidine rings is 2. The lowest BCUT2D eigenvalue weighted by atomic mass is 9.69. The topological polar surface area (TPSA) is 193 Å². The molecule has 5 N–H and O–H groups in total. The van der Waals surface area contributed by atoms with Gasteiger partial charge in [0.15, 0.2) is 23.1 Å². The first kappa shape index (κ1) is 56.3. The van der Waals surface area contributed by atoms with Crippen molar-refractivity contribution >= 4 is 49.9 Å². The maximum Gasteiger partial charge on any atom is 0.268 e. The van der Waals surface area contributed by atoms with Crippen molar-refractivity contribution in [3.05, 3.63) is 136 Å². The Morgan fingerprint density at radius 3 is 2.46 bits per heavy atom. The zero-order valence-corrected chi connectivity index (χ0v) is 47.4. The standard InChI is InChI=1S/C61H72F3N9O7S/c1-6-79-59-53(29-44-46(62)15-16-49(44)68-59)80-52-28-40(12-13-43(52)58(74)69-81(77,78)54-30-51(70(5)76)55(57-56(54)66-36-67-57)65-31-38-17-20-60(4,75)21-18-38)72-25-22-61(23-26-72)34-73(35-61)50-19-24-71(32-39-11-14-47(63)48(64)27-39)33-45(50)42-10-8-7-9-41(42)37(2)3/h7-15,27-30,36-38,45,50,65,70,75H,6,16-26,31-35H2,1-5H3,(H,66,67)(H,69,74)/t38-,45?,50?,60-. The Morgan fingerprint density at radius 1 is 0.963 bits per heavy atom. The van der Waals surface area contributed by atoms with Gasteiger partial charge in [0.2, 0.25) is 0 Å². The van der Waals surface area contributed by atoms with Crippen molar-refractivity contribution < 1.29 is 46.0 Å². The molecule has 6 aromatic rings. The molecule has 11 rings (SSSR count). The number of hydroxylamine groups is 1. The Labute approximate surface area is 471 Å². The lowest BCUT2D eigenvalue weighted by molar-refractivity contribution is -0.750. The van der Waals surface area contributed by atoms with Crippen LogP contribution in [0.1, 0.15) is 123 Å². The van der Waals surface area contributed by atoms with E-state index in [-0.39, 0.29) is 80.4 Å². The third-order valence-electron chi connectivity index (χ3n) is 17.6. The number of ether oxygens (including phenoxy) is 2. The van der Waals surface area contributed by atoms with Crippen LogP contribution < -0.4 is 29.5 Å². The first-order chi connectivity index (χ1) is 38.8. The number of anilines is 2. The normalized spacial score (nSPS) is 22.6. The number of nitrogens with zero attached hydrogens (tertiary/aromatic N) is 5. The number of hydrogen-bond acceptors (Lipinski definition) is 13. The summed E-state index contributed by atoms with van der Waals surface area (Å²) in [6.07, 6.45) is 8.60. The van der Waals surface area contributed by atoms with Gasteiger partial charge in [-0.05, 0) is 129 Å². The molecule has 5 heterocycles. The summed E-state index contributed by atoms with van der Waals surface area (Å²) in [6.45, 7) is 14.2. The molecule has 3 saturated heterocycles. The van der Waals surface area contributed by atoms with E-state index in [1.165, 1.54) is 60.9 Å². The Hall–Kier alpha value is -6.55. The molecular weight excluding hydrogens is 1060 g/mol. The smallest absolute Gasteiger partial charge is 0.268 e. The van der Waals surface area contributed by atoms with Crippen LogP contribution in [0.4, 0.5) is 30.2 Å². The van der Waals surface area contributed by atoms with E-state index >= 15 is 4.39 Å². The quantitative estimate of drug-likeness (QED) is 0.0543. The number of halogens is 3. The maximum absolute atomic E-state index is 15.2. The predicted molar refractivity (Wildman–Crippen MR) is 305 cm³/mol. The number of rotatable bonds is 17. The van der Waals surface area contributed by atoms with Gasteiger partial charge in [0.25, 0.3) is 21.8 Å². The second-order valence-corrected chi connectivity index (χ2v) is 25.3. The zero-order valence-electron chi connectivity index (χ0n) is 46.6. The van der Waals surface area contributed by atoms with Gasteiger partial charge in [0.05, 0.1) is 42.4 Å². The van der Waals surface area contributed by atoms with E-state index in [0.717, 1.165) is 69.5 Å². The maximum atomic E-state index is 15.2. The van der Waals surface area contributed by atoms with Crippen molar-refractivity contribution in [2.75, 3.05) is 69.7 Å². The van der Waals surface area contributed by atoms with Crippen molar-refractivity contribution in [3.63, 3.8) is 0 Å². The zero-order chi connectivity index (χ0) is 57.0. The molecule has 2 aromatic heterocycles. The summed E-state index contributed by atoms with van der Waals surface area (Å²) in [5, 5.41) is 26.7. The average Bonchev–Trinajstić information content (AvgIpc) is 4.29. The number of carbonyl (C=O) groups excluding carboxylic acids is 1. The molecule has 1 amide bonds. The van der Waals surface area contributed by atoms with Crippen LogP contribution in [-0.2, 0) is 23.0 Å². The Balaban J connectivity index is 0.833. The number of amides is 1. The number of H-pyrrole nitrogens is 1. The van der Waals surface area contributed by atoms with Gasteiger partial charge < -0.3 is 40.1 Å². The van der Waals surface area contributed by atoms with Crippen molar-refractivity contribution in [1.29, 1.82) is 0 Å². The number of aromatic amines is 1. The summed E-state index contributed by atoms with van der Waals surface area (Å²) in [5.41, 5.74) is 4.88. The summed E-state index contributed by atoms with van der Waals surface area (Å²) < 4.78 is 87.1. The van der Waals surface area contributed by atoms with E-state index in [9.17, 15) is 32.3 Å². The van der Waals surface area contributed by atoms with E-state index in [2.05, 4.69) is 77.8 Å². The van der Waals surface area contributed by atoms with Crippen LogP contribution in [-0.4, -0.2) is 115 Å². The highest BCUT2D eigenvalue weighted by Gasteiger charge is 2.50. The largest absolute Gasteiger partial charge is 0.629 e. The summed E-state index contributed by atoms with van der Waals surface area (Å²) in [6, 6.07) is 20.9. The number of hydrogen-bond donors (Lipinski definition) is 5. The van der Waals surface area contributed by atoms with Gasteiger partial charge >= 0.3 is 0 Å². The van der Waals surface area contributed by atoms with Gasteiger partial charge in [-0.15, -0.1) is 0 Å². The minimum Gasteiger partial charge on any atom is -0.629 e. The van der Waals surface area contributed by atoms with Crippen LogP contribution in [0, 0.1) is 28.2 Å². The molecule has 16 nitrogen and oxygen atoms in total. The van der Waals surface area contributed by atoms with Gasteiger partial charge in [0, 0.05) is 94.1 Å². The van der Waals surface area contributed by atoms with Crippen LogP contribution in [0.25, 0.3) is 16.9 Å². The molecule has 3 atom stereocenters. The summed E-state index contributed by atoms with van der Waals surface area (Å²) in [7, 11) is -3.38. The fourth-order valence-corrected chi connectivity index (χ4v) is 14.2. The molecule has 3 unspecified atom stereocenters. The molecule has 2 aliphatic carbocycles. The number of nitrogens with one attached hydrogen (secondary N) is 4. The number of imidazole rings is 1. The Morgan fingerprint density at radius 2 is 1.73 bits per heavy atom. The van der Waals surface area contributed by atoms with Gasteiger partial charge in [-0.3, -0.25) is 14.6 Å². The molecule has 0 bridgehead atoms. The van der Waals surface area contributed by atoms with Gasteiger partial charge in [-0.25, -0.2) is 36.3 Å². The van der Waals surface area contributed by atoms with Crippen molar-refractivity contribution in [2.45, 2.75) is 114 Å². The molecule has 0 radical (unpaired) electrons. The highest BCUT2D eigenvalue weighted by molar-refractivity contribution is 7.90. The van der Waals surface area contributed by atoms with Crippen LogP contribution in [0.2, 0.25) is 0 Å². The number of sulfonamides is 1. The van der Waals surface area contributed by atoms with E-state index in [1.807, 2.05) is 6.92 Å². The number of fused-ring (bicyclic) bond motifs is 2. The number of pyridine rings is 1. The number of likely N-dealkylation sites (tertiary alicyclic amines) is 2. The fraction of sp³-hybridized carbons (Fsp3) is 0.459.